The van der Waals surface area contributed by atoms with Crippen molar-refractivity contribution < 1.29 is 4.79 Å². The number of para-hydroxylation sites is 1. The molecule has 0 aliphatic rings. The first-order valence-electron chi connectivity index (χ1n) is 7.58. The minimum absolute atomic E-state index is 0.227. The average molecular weight is 298 g/mol. The molecule has 1 aromatic carbocycles. The van der Waals surface area contributed by atoms with Crippen LogP contribution in [0.15, 0.2) is 36.7 Å². The second-order valence-corrected chi connectivity index (χ2v) is 5.41. The van der Waals surface area contributed by atoms with Crippen molar-refractivity contribution in [1.29, 1.82) is 0 Å². The Labute approximate surface area is 131 Å². The molecule has 0 spiro atoms. The fourth-order valence-corrected chi connectivity index (χ4v) is 2.13. The molecule has 2 rings (SSSR count). The molecular weight excluding hydrogens is 276 g/mol. The summed E-state index contributed by atoms with van der Waals surface area (Å²) < 4.78 is 0. The van der Waals surface area contributed by atoms with Gasteiger partial charge < -0.3 is 10.6 Å². The summed E-state index contributed by atoms with van der Waals surface area (Å²) in [5, 5.41) is 6.09. The molecule has 1 heterocycles. The van der Waals surface area contributed by atoms with Crippen LogP contribution >= 0.6 is 0 Å². The van der Waals surface area contributed by atoms with E-state index in [-0.39, 0.29) is 5.91 Å². The number of benzene rings is 1. The summed E-state index contributed by atoms with van der Waals surface area (Å²) in [5.41, 5.74) is 2.28. The summed E-state index contributed by atoms with van der Waals surface area (Å²) in [6.07, 6.45) is 2.40. The van der Waals surface area contributed by atoms with Gasteiger partial charge in [-0.05, 0) is 24.0 Å². The molecular formula is C17H22N4O. The Kier molecular flexibility index (Phi) is 5.47. The number of nitrogens with zero attached hydrogens (tertiary/aromatic N) is 2. The molecule has 116 valence electrons. The van der Waals surface area contributed by atoms with Gasteiger partial charge >= 0.3 is 0 Å². The number of hydrogen-bond donors (Lipinski definition) is 2. The summed E-state index contributed by atoms with van der Waals surface area (Å²) in [6, 6.07) is 9.49. The van der Waals surface area contributed by atoms with Gasteiger partial charge in [-0.2, -0.15) is 0 Å². The molecule has 0 saturated heterocycles. The van der Waals surface area contributed by atoms with Crippen LogP contribution in [-0.2, 0) is 0 Å². The molecule has 2 N–H and O–H groups in total. The van der Waals surface area contributed by atoms with E-state index in [0.717, 1.165) is 24.2 Å². The molecule has 0 radical (unpaired) electrons. The van der Waals surface area contributed by atoms with Crippen LogP contribution in [-0.4, -0.2) is 22.4 Å². The van der Waals surface area contributed by atoms with E-state index in [1.807, 2.05) is 24.3 Å². The van der Waals surface area contributed by atoms with Gasteiger partial charge in [0.15, 0.2) is 0 Å². The smallest absolute Gasteiger partial charge is 0.274 e. The summed E-state index contributed by atoms with van der Waals surface area (Å²) in [4.78, 5) is 20.6. The molecule has 0 saturated carbocycles. The van der Waals surface area contributed by atoms with Crippen LogP contribution < -0.4 is 10.6 Å². The monoisotopic (exact) mass is 298 g/mol. The molecule has 22 heavy (non-hydrogen) atoms. The molecule has 5 nitrogen and oxygen atoms in total. The second kappa shape index (κ2) is 7.54. The molecule has 0 aliphatic carbocycles. The summed E-state index contributed by atoms with van der Waals surface area (Å²) in [7, 11) is 0. The number of carbonyl (C=O) groups is 1. The zero-order valence-corrected chi connectivity index (χ0v) is 13.3. The Morgan fingerprint density at radius 1 is 1.23 bits per heavy atom. The molecule has 5 heteroatoms. The van der Waals surface area contributed by atoms with Crippen LogP contribution in [0.4, 0.5) is 11.5 Å². The number of carbonyl (C=O) groups excluding carboxylic acids is 1. The van der Waals surface area contributed by atoms with Gasteiger partial charge in [-0.3, -0.25) is 4.79 Å². The van der Waals surface area contributed by atoms with Crippen molar-refractivity contribution in [2.24, 2.45) is 0 Å². The molecule has 1 amide bonds. The number of amides is 1. The summed E-state index contributed by atoms with van der Waals surface area (Å²) in [6.45, 7) is 7.09. The number of hydrogen-bond acceptors (Lipinski definition) is 4. The van der Waals surface area contributed by atoms with Crippen LogP contribution in [0.1, 0.15) is 49.2 Å². The van der Waals surface area contributed by atoms with Gasteiger partial charge in [0.2, 0.25) is 0 Å². The third-order valence-corrected chi connectivity index (χ3v) is 3.29. The largest absolute Gasteiger partial charge is 0.370 e. The van der Waals surface area contributed by atoms with E-state index in [2.05, 4.69) is 41.4 Å². The summed E-state index contributed by atoms with van der Waals surface area (Å²) in [5.74, 6) is 0.776. The Hall–Kier alpha value is -2.43. The normalized spacial score (nSPS) is 10.5. The minimum atomic E-state index is -0.227. The van der Waals surface area contributed by atoms with Crippen molar-refractivity contribution in [2.75, 3.05) is 17.2 Å². The second-order valence-electron chi connectivity index (χ2n) is 5.41. The highest BCUT2D eigenvalue weighted by Crippen LogP contribution is 2.24. The predicted molar refractivity (Wildman–Crippen MR) is 89.3 cm³/mol. The average Bonchev–Trinajstić information content (AvgIpc) is 2.53. The topological polar surface area (TPSA) is 66.9 Å². The van der Waals surface area contributed by atoms with E-state index in [4.69, 9.17) is 0 Å². The quantitative estimate of drug-likeness (QED) is 0.854. The zero-order valence-electron chi connectivity index (χ0n) is 13.3. The van der Waals surface area contributed by atoms with Crippen LogP contribution in [0.2, 0.25) is 0 Å². The Morgan fingerprint density at radius 3 is 2.73 bits per heavy atom. The maximum Gasteiger partial charge on any atom is 0.274 e. The van der Waals surface area contributed by atoms with Gasteiger partial charge in [0.25, 0.3) is 5.91 Å². The first kappa shape index (κ1) is 15.9. The van der Waals surface area contributed by atoms with E-state index < -0.39 is 0 Å². The van der Waals surface area contributed by atoms with Gasteiger partial charge in [0, 0.05) is 18.3 Å². The van der Waals surface area contributed by atoms with E-state index in [1.165, 1.54) is 6.33 Å². The summed E-state index contributed by atoms with van der Waals surface area (Å²) >= 11 is 0. The Morgan fingerprint density at radius 2 is 2.00 bits per heavy atom. The van der Waals surface area contributed by atoms with Crippen molar-refractivity contribution in [3.63, 3.8) is 0 Å². The predicted octanol–water partition coefficient (Wildman–Crippen LogP) is 3.67. The SMILES string of the molecule is CCCNc1cc(C(=O)Nc2ccccc2C(C)C)ncn1. The van der Waals surface area contributed by atoms with E-state index in [1.54, 1.807) is 6.07 Å². The Bertz CT molecular complexity index is 640. The highest BCUT2D eigenvalue weighted by Gasteiger charge is 2.12. The molecule has 0 aliphatic heterocycles. The third-order valence-electron chi connectivity index (χ3n) is 3.29. The number of anilines is 2. The van der Waals surface area contributed by atoms with Crippen LogP contribution in [0, 0.1) is 0 Å². The Balaban J connectivity index is 2.16. The van der Waals surface area contributed by atoms with Gasteiger partial charge in [0.05, 0.1) is 0 Å². The zero-order chi connectivity index (χ0) is 15.9. The minimum Gasteiger partial charge on any atom is -0.370 e. The molecule has 0 fully saturated rings. The van der Waals surface area contributed by atoms with Crippen molar-refractivity contribution in [2.45, 2.75) is 33.1 Å². The lowest BCUT2D eigenvalue weighted by Crippen LogP contribution is -2.16. The standard InChI is InChI=1S/C17H22N4O/c1-4-9-18-16-10-15(19-11-20-16)17(22)21-14-8-6-5-7-13(14)12(2)3/h5-8,10-12H,4,9H2,1-3H3,(H,21,22)(H,18,19,20). The first-order chi connectivity index (χ1) is 10.6. The molecule has 1 aromatic heterocycles. The van der Waals surface area contributed by atoms with Gasteiger partial charge in [-0.25, -0.2) is 9.97 Å². The van der Waals surface area contributed by atoms with E-state index >= 15 is 0 Å². The van der Waals surface area contributed by atoms with Crippen LogP contribution in [0.3, 0.4) is 0 Å². The maximum atomic E-state index is 12.4. The van der Waals surface area contributed by atoms with E-state index in [0.29, 0.717) is 17.4 Å². The fraction of sp³-hybridized carbons (Fsp3) is 0.353. The van der Waals surface area contributed by atoms with Crippen LogP contribution in [0.25, 0.3) is 0 Å². The van der Waals surface area contributed by atoms with Crippen molar-refractivity contribution in [1.82, 2.24) is 9.97 Å². The van der Waals surface area contributed by atoms with Gasteiger partial charge in [-0.15, -0.1) is 0 Å². The highest BCUT2D eigenvalue weighted by molar-refractivity contribution is 6.03. The lowest BCUT2D eigenvalue weighted by Gasteiger charge is -2.13. The lowest BCUT2D eigenvalue weighted by molar-refractivity contribution is 0.102. The van der Waals surface area contributed by atoms with Gasteiger partial charge in [0.1, 0.15) is 17.8 Å². The number of nitrogens with one attached hydrogen (secondary N) is 2. The first-order valence-corrected chi connectivity index (χ1v) is 7.58. The lowest BCUT2D eigenvalue weighted by atomic mass is 10.0. The highest BCUT2D eigenvalue weighted by atomic mass is 16.1. The van der Waals surface area contributed by atoms with Crippen molar-refractivity contribution in [3.05, 3.63) is 47.9 Å². The van der Waals surface area contributed by atoms with Gasteiger partial charge in [-0.1, -0.05) is 39.0 Å². The van der Waals surface area contributed by atoms with Crippen molar-refractivity contribution in [3.8, 4) is 0 Å². The van der Waals surface area contributed by atoms with Crippen molar-refractivity contribution >= 4 is 17.4 Å². The number of aromatic nitrogens is 2. The molecule has 0 bridgehead atoms. The third kappa shape index (κ3) is 4.04. The molecule has 2 aromatic rings. The van der Waals surface area contributed by atoms with E-state index in [9.17, 15) is 4.79 Å². The molecule has 0 unspecified atom stereocenters. The number of rotatable bonds is 6. The maximum absolute atomic E-state index is 12.4. The van der Waals surface area contributed by atoms with Crippen LogP contribution in [0.5, 0.6) is 0 Å². The fourth-order valence-electron chi connectivity index (χ4n) is 2.13. The molecule has 0 atom stereocenters.